The summed E-state index contributed by atoms with van der Waals surface area (Å²) in [6, 6.07) is 93.5. The van der Waals surface area contributed by atoms with Crippen LogP contribution in [-0.4, -0.2) is 4.57 Å². The second-order valence-electron chi connectivity index (χ2n) is 19.8. The zero-order chi connectivity index (χ0) is 46.9. The molecule has 2 nitrogen and oxygen atoms in total. The molecule has 2 aliphatic carbocycles. The van der Waals surface area contributed by atoms with Crippen LogP contribution in [0.3, 0.4) is 0 Å². The van der Waals surface area contributed by atoms with Crippen molar-refractivity contribution < 1.29 is 0 Å². The monoisotopic (exact) mass is 908 g/mol. The van der Waals surface area contributed by atoms with Crippen molar-refractivity contribution in [1.29, 1.82) is 0 Å². The first-order valence-corrected chi connectivity index (χ1v) is 25.5. The molecule has 1 saturated carbocycles. The van der Waals surface area contributed by atoms with E-state index in [4.69, 9.17) is 0 Å². The Hall–Kier alpha value is -8.46. The Morgan fingerprint density at radius 1 is 0.366 bits per heavy atom. The van der Waals surface area contributed by atoms with Gasteiger partial charge in [0.05, 0.1) is 22.4 Å². The number of anilines is 3. The van der Waals surface area contributed by atoms with Crippen LogP contribution in [0, 0.1) is 5.92 Å². The molecule has 338 valence electrons. The Morgan fingerprint density at radius 3 is 1.69 bits per heavy atom. The van der Waals surface area contributed by atoms with Crippen molar-refractivity contribution in [3.8, 4) is 39.1 Å². The first kappa shape index (κ1) is 41.5. The van der Waals surface area contributed by atoms with E-state index in [1.54, 1.807) is 0 Å². The molecule has 14 rings (SSSR count). The molecule has 0 amide bonds. The average molecular weight is 909 g/mol. The molecule has 0 aliphatic heterocycles. The minimum atomic E-state index is -0.363. The molecular weight excluding hydrogens is 857 g/mol. The van der Waals surface area contributed by atoms with Crippen LogP contribution in [0.25, 0.3) is 82.4 Å². The summed E-state index contributed by atoms with van der Waals surface area (Å²) in [6.45, 7) is 0. The molecule has 1 fully saturated rings. The first-order valence-electron chi connectivity index (χ1n) is 25.5. The third kappa shape index (κ3) is 6.48. The fourth-order valence-corrected chi connectivity index (χ4v) is 13.1. The molecule has 0 bridgehead atoms. The van der Waals surface area contributed by atoms with Crippen LogP contribution in [0.1, 0.15) is 48.8 Å². The van der Waals surface area contributed by atoms with Gasteiger partial charge in [-0.25, -0.2) is 0 Å². The van der Waals surface area contributed by atoms with E-state index in [9.17, 15) is 0 Å². The molecule has 0 saturated heterocycles. The van der Waals surface area contributed by atoms with Crippen LogP contribution in [0.4, 0.5) is 17.1 Å². The lowest BCUT2D eigenvalue weighted by Crippen LogP contribution is -2.38. The van der Waals surface area contributed by atoms with Gasteiger partial charge in [0, 0.05) is 43.9 Å². The highest BCUT2D eigenvalue weighted by atomic mass is 15.1. The number of nitrogens with zero attached hydrogens (tertiary/aromatic N) is 2. The van der Waals surface area contributed by atoms with E-state index in [2.05, 4.69) is 258 Å². The third-order valence-electron chi connectivity index (χ3n) is 16.1. The third-order valence-corrected chi connectivity index (χ3v) is 16.1. The van der Waals surface area contributed by atoms with Crippen molar-refractivity contribution in [2.45, 2.75) is 37.5 Å². The number of hydrogen-bond acceptors (Lipinski definition) is 1. The molecule has 1 atom stereocenters. The zero-order valence-corrected chi connectivity index (χ0v) is 39.7. The summed E-state index contributed by atoms with van der Waals surface area (Å²) in [7, 11) is 0. The average Bonchev–Trinajstić information content (AvgIpc) is 3.94. The van der Waals surface area contributed by atoms with Crippen molar-refractivity contribution in [1.82, 2.24) is 4.57 Å². The summed E-state index contributed by atoms with van der Waals surface area (Å²) in [4.78, 5) is 2.56. The van der Waals surface area contributed by atoms with Crippen molar-refractivity contribution in [3.05, 3.63) is 265 Å². The highest BCUT2D eigenvalue weighted by molar-refractivity contribution is 6.19. The van der Waals surface area contributed by atoms with E-state index < -0.39 is 0 Å². The van der Waals surface area contributed by atoms with Crippen molar-refractivity contribution >= 4 is 60.4 Å². The summed E-state index contributed by atoms with van der Waals surface area (Å²) in [5, 5.41) is 7.38. The molecule has 12 aromatic rings. The fourth-order valence-electron chi connectivity index (χ4n) is 13.1. The quantitative estimate of drug-likeness (QED) is 0.147. The van der Waals surface area contributed by atoms with Crippen molar-refractivity contribution in [2.24, 2.45) is 5.92 Å². The van der Waals surface area contributed by atoms with Gasteiger partial charge in [-0.05, 0) is 110 Å². The SMILES string of the molecule is c1ccc(-c2ccccc2-n2c3cc(N(c4ccc5c(c4)C(c4ccccc4-c4ccccc4)(C4CCCCC4)c4ccccc4-5)c4cccc5ccccc45)ccc3c3ccc4ccccc4c32)cc1. The summed E-state index contributed by atoms with van der Waals surface area (Å²) in [5.41, 5.74) is 18.6. The largest absolute Gasteiger partial charge is 0.310 e. The van der Waals surface area contributed by atoms with Gasteiger partial charge in [-0.2, -0.15) is 0 Å². The summed E-state index contributed by atoms with van der Waals surface area (Å²) >= 11 is 0. The lowest BCUT2D eigenvalue weighted by molar-refractivity contribution is 0.275. The van der Waals surface area contributed by atoms with Crippen LogP contribution < -0.4 is 4.90 Å². The maximum absolute atomic E-state index is 2.60. The molecule has 1 heterocycles. The van der Waals surface area contributed by atoms with Gasteiger partial charge in [-0.15, -0.1) is 0 Å². The number of para-hydroxylation sites is 1. The standard InChI is InChI=1S/C69H52N2/c1-4-21-47(22-5-1)54-30-14-17-35-62(54)69(51-28-8-3-9-29-51)63-36-18-15-34-58(63)59-43-40-52(45-64(59)69)70(65-38-20-27-49-25-10-12-31-55(49)65)53-41-44-60-61-42-39-50-26-11-13-33-57(50)68(61)71(67(60)46-53)66-37-19-16-32-56(66)48-23-6-2-7-24-48/h1-2,4-7,10-27,30-46,51H,3,8-9,28-29H2. The normalized spacial score (nSPS) is 15.6. The number of aromatic nitrogens is 1. The van der Waals surface area contributed by atoms with Crippen LogP contribution in [0.2, 0.25) is 0 Å². The summed E-state index contributed by atoms with van der Waals surface area (Å²) < 4.78 is 2.55. The van der Waals surface area contributed by atoms with Crippen LogP contribution in [0.15, 0.2) is 249 Å². The molecule has 2 aliphatic rings. The topological polar surface area (TPSA) is 8.17 Å². The van der Waals surface area contributed by atoms with Gasteiger partial charge >= 0.3 is 0 Å². The molecular formula is C69H52N2. The number of benzene rings is 11. The van der Waals surface area contributed by atoms with Crippen LogP contribution >= 0.6 is 0 Å². The van der Waals surface area contributed by atoms with E-state index in [0.29, 0.717) is 5.92 Å². The predicted molar refractivity (Wildman–Crippen MR) is 300 cm³/mol. The van der Waals surface area contributed by atoms with Gasteiger partial charge in [0.1, 0.15) is 0 Å². The Bertz CT molecular complexity index is 3980. The maximum Gasteiger partial charge on any atom is 0.0619 e. The Morgan fingerprint density at radius 2 is 0.915 bits per heavy atom. The fraction of sp³-hybridized carbons (Fsp3) is 0.101. The second-order valence-corrected chi connectivity index (χ2v) is 19.8. The van der Waals surface area contributed by atoms with E-state index >= 15 is 0 Å². The number of fused-ring (bicyclic) bond motifs is 9. The second kappa shape index (κ2) is 16.9. The van der Waals surface area contributed by atoms with Gasteiger partial charge in [0.25, 0.3) is 0 Å². The van der Waals surface area contributed by atoms with E-state index in [1.165, 1.54) is 126 Å². The van der Waals surface area contributed by atoms with Crippen molar-refractivity contribution in [2.75, 3.05) is 4.90 Å². The number of rotatable bonds is 8. The maximum atomic E-state index is 2.60. The van der Waals surface area contributed by atoms with Gasteiger partial charge in [-0.3, -0.25) is 0 Å². The first-order chi connectivity index (χ1) is 35.3. The molecule has 0 spiro atoms. The highest BCUT2D eigenvalue weighted by Gasteiger charge is 2.51. The van der Waals surface area contributed by atoms with E-state index in [0.717, 1.165) is 22.7 Å². The lowest BCUT2D eigenvalue weighted by atomic mass is 9.59. The van der Waals surface area contributed by atoms with Gasteiger partial charge in [-0.1, -0.05) is 232 Å². The molecule has 71 heavy (non-hydrogen) atoms. The Balaban J connectivity index is 1.07. The molecule has 0 radical (unpaired) electrons. The summed E-state index contributed by atoms with van der Waals surface area (Å²) in [6.07, 6.45) is 6.16. The van der Waals surface area contributed by atoms with E-state index in [1.807, 2.05) is 0 Å². The predicted octanol–water partition coefficient (Wildman–Crippen LogP) is 18.8. The summed E-state index contributed by atoms with van der Waals surface area (Å²) in [5.74, 6) is 0.427. The minimum Gasteiger partial charge on any atom is -0.310 e. The Labute approximate surface area is 415 Å². The molecule has 1 unspecified atom stereocenters. The van der Waals surface area contributed by atoms with Crippen LogP contribution in [-0.2, 0) is 5.41 Å². The minimum absolute atomic E-state index is 0.363. The van der Waals surface area contributed by atoms with Gasteiger partial charge < -0.3 is 9.47 Å². The molecule has 1 aromatic heterocycles. The molecule has 0 N–H and O–H groups in total. The Kier molecular flexibility index (Phi) is 9.88. The van der Waals surface area contributed by atoms with E-state index in [-0.39, 0.29) is 5.41 Å². The van der Waals surface area contributed by atoms with Crippen molar-refractivity contribution in [3.63, 3.8) is 0 Å². The van der Waals surface area contributed by atoms with Gasteiger partial charge in [0.15, 0.2) is 0 Å². The van der Waals surface area contributed by atoms with Crippen LogP contribution in [0.5, 0.6) is 0 Å². The lowest BCUT2D eigenvalue weighted by Gasteiger charge is -2.44. The molecule has 2 heteroatoms. The molecule has 11 aromatic carbocycles. The smallest absolute Gasteiger partial charge is 0.0619 e. The number of hydrogen-bond donors (Lipinski definition) is 0. The van der Waals surface area contributed by atoms with Gasteiger partial charge in [0.2, 0.25) is 0 Å². The highest BCUT2D eigenvalue weighted by Crippen LogP contribution is 2.61. The zero-order valence-electron chi connectivity index (χ0n) is 39.7.